The maximum atomic E-state index is 11.2. The van der Waals surface area contributed by atoms with Crippen molar-refractivity contribution in [2.75, 3.05) is 0 Å². The van der Waals surface area contributed by atoms with Crippen LogP contribution in [0.1, 0.15) is 59.8 Å². The van der Waals surface area contributed by atoms with Gasteiger partial charge in [0, 0.05) is 0 Å². The lowest BCUT2D eigenvalue weighted by molar-refractivity contribution is -0.321. The van der Waals surface area contributed by atoms with Gasteiger partial charge in [-0.3, -0.25) is 0 Å². The Balaban J connectivity index is 4.94. The summed E-state index contributed by atoms with van der Waals surface area (Å²) in [4.78, 5) is 32.0. The van der Waals surface area contributed by atoms with Gasteiger partial charge in [0.2, 0.25) is 0 Å². The second kappa shape index (κ2) is 8.58. The molecule has 0 atom stereocenters. The van der Waals surface area contributed by atoms with E-state index in [0.29, 0.717) is 6.42 Å². The molecule has 2 N–H and O–H groups in total. The Morgan fingerprint density at radius 3 is 2.00 bits per heavy atom. The van der Waals surface area contributed by atoms with Crippen molar-refractivity contribution in [2.45, 2.75) is 65.4 Å². The molecule has 0 heterocycles. The summed E-state index contributed by atoms with van der Waals surface area (Å²) in [5.41, 5.74) is -0.996. The molecule has 0 saturated heterocycles. The molecule has 0 aromatic carbocycles. The molecule has 0 unspecified atom stereocenters. The number of hydrogen-bond acceptors (Lipinski definition) is 4. The Kier molecular flexibility index (Phi) is 7.91. The molecular formula is C14H24O6. The zero-order valence-corrected chi connectivity index (χ0v) is 12.6. The van der Waals surface area contributed by atoms with Crippen LogP contribution in [0.2, 0.25) is 0 Å². The van der Waals surface area contributed by atoms with Gasteiger partial charge in [0.05, 0.1) is 5.57 Å². The van der Waals surface area contributed by atoms with Crippen LogP contribution in [0.25, 0.3) is 0 Å². The maximum Gasteiger partial charge on any atom is 0.375 e. The lowest BCUT2D eigenvalue weighted by atomic mass is 10.1. The van der Waals surface area contributed by atoms with Crippen molar-refractivity contribution in [1.29, 1.82) is 0 Å². The Labute approximate surface area is 119 Å². The third-order valence-corrected chi connectivity index (χ3v) is 2.38. The van der Waals surface area contributed by atoms with Crippen molar-refractivity contribution in [1.82, 2.24) is 0 Å². The fourth-order valence-corrected chi connectivity index (χ4v) is 1.43. The molecule has 0 spiro atoms. The standard InChI is InChI=1S/C14H24O6/c1-5-6-7-8-9-10(12(15)16)11(13(17)18)19-20-14(2,3)4/h5-9H2,1-4H3,(H,15,16)(H,17,18)/b11-10-. The Bertz CT molecular complexity index is 364. The summed E-state index contributed by atoms with van der Waals surface area (Å²) < 4.78 is 0. The molecule has 0 aliphatic heterocycles. The first kappa shape index (κ1) is 18.4. The highest BCUT2D eigenvalue weighted by Gasteiger charge is 2.25. The largest absolute Gasteiger partial charge is 0.478 e. The molecule has 0 saturated carbocycles. The first-order valence-electron chi connectivity index (χ1n) is 6.74. The van der Waals surface area contributed by atoms with Crippen LogP contribution in [0.5, 0.6) is 0 Å². The molecular weight excluding hydrogens is 264 g/mol. The van der Waals surface area contributed by atoms with E-state index >= 15 is 0 Å². The predicted molar refractivity (Wildman–Crippen MR) is 73.0 cm³/mol. The van der Waals surface area contributed by atoms with Crippen molar-refractivity contribution >= 4 is 11.9 Å². The second-order valence-electron chi connectivity index (χ2n) is 5.51. The molecule has 0 radical (unpaired) electrons. The fourth-order valence-electron chi connectivity index (χ4n) is 1.43. The second-order valence-corrected chi connectivity index (χ2v) is 5.51. The van der Waals surface area contributed by atoms with Gasteiger partial charge in [0.25, 0.3) is 5.76 Å². The summed E-state index contributed by atoms with van der Waals surface area (Å²) in [5, 5.41) is 18.2. The average molecular weight is 288 g/mol. The van der Waals surface area contributed by atoms with Gasteiger partial charge in [-0.1, -0.05) is 26.2 Å². The highest BCUT2D eigenvalue weighted by Crippen LogP contribution is 2.19. The van der Waals surface area contributed by atoms with E-state index in [9.17, 15) is 9.59 Å². The quantitative estimate of drug-likeness (QED) is 0.222. The van der Waals surface area contributed by atoms with E-state index in [0.717, 1.165) is 19.3 Å². The summed E-state index contributed by atoms with van der Waals surface area (Å²) in [5.74, 6) is -3.39. The van der Waals surface area contributed by atoms with E-state index < -0.39 is 23.3 Å². The van der Waals surface area contributed by atoms with Gasteiger partial charge in [-0.05, 0) is 33.6 Å². The van der Waals surface area contributed by atoms with E-state index in [1.54, 1.807) is 20.8 Å². The van der Waals surface area contributed by atoms with Crippen molar-refractivity contribution < 1.29 is 29.6 Å². The average Bonchev–Trinajstić information content (AvgIpc) is 2.29. The smallest absolute Gasteiger partial charge is 0.375 e. The topological polar surface area (TPSA) is 93.1 Å². The highest BCUT2D eigenvalue weighted by molar-refractivity contribution is 5.97. The molecule has 6 heteroatoms. The third-order valence-electron chi connectivity index (χ3n) is 2.38. The third kappa shape index (κ3) is 7.78. The predicted octanol–water partition coefficient (Wildman–Crippen LogP) is 3.13. The number of carbonyl (C=O) groups is 2. The molecule has 0 amide bonds. The number of rotatable bonds is 9. The maximum absolute atomic E-state index is 11.2. The van der Waals surface area contributed by atoms with Crippen LogP contribution in [-0.4, -0.2) is 27.8 Å². The van der Waals surface area contributed by atoms with Crippen LogP contribution in [-0.2, 0) is 19.4 Å². The first-order valence-corrected chi connectivity index (χ1v) is 6.74. The molecule has 116 valence electrons. The molecule has 0 rings (SSSR count). The Morgan fingerprint density at radius 2 is 1.60 bits per heavy atom. The molecule has 0 aliphatic carbocycles. The highest BCUT2D eigenvalue weighted by atomic mass is 17.2. The molecule has 0 fully saturated rings. The summed E-state index contributed by atoms with van der Waals surface area (Å²) >= 11 is 0. The van der Waals surface area contributed by atoms with Crippen molar-refractivity contribution in [2.24, 2.45) is 0 Å². The molecule has 0 aromatic rings. The van der Waals surface area contributed by atoms with Crippen LogP contribution in [0, 0.1) is 0 Å². The number of hydrogen-bond donors (Lipinski definition) is 2. The lowest BCUT2D eigenvalue weighted by Crippen LogP contribution is -2.23. The van der Waals surface area contributed by atoms with Gasteiger partial charge in [0.1, 0.15) is 5.60 Å². The van der Waals surface area contributed by atoms with Crippen LogP contribution < -0.4 is 0 Å². The van der Waals surface area contributed by atoms with E-state index in [1.165, 1.54) is 0 Å². The zero-order valence-electron chi connectivity index (χ0n) is 12.6. The number of carboxylic acids is 2. The minimum atomic E-state index is -1.44. The van der Waals surface area contributed by atoms with Gasteiger partial charge in [0.15, 0.2) is 0 Å². The number of aliphatic carboxylic acids is 2. The lowest BCUT2D eigenvalue weighted by Gasteiger charge is -2.18. The molecule has 0 aromatic heterocycles. The summed E-state index contributed by atoms with van der Waals surface area (Å²) in [6.07, 6.45) is 3.59. The SMILES string of the molecule is CCCCCC/C(C(=O)O)=C(/OOC(C)(C)C)C(=O)O. The molecule has 0 bridgehead atoms. The zero-order chi connectivity index (χ0) is 15.8. The van der Waals surface area contributed by atoms with Gasteiger partial charge < -0.3 is 15.1 Å². The number of unbranched alkanes of at least 4 members (excludes halogenated alkanes) is 3. The van der Waals surface area contributed by atoms with Crippen molar-refractivity contribution in [3.05, 3.63) is 11.3 Å². The first-order chi connectivity index (χ1) is 9.19. The van der Waals surface area contributed by atoms with Gasteiger partial charge >= 0.3 is 11.9 Å². The van der Waals surface area contributed by atoms with E-state index in [2.05, 4.69) is 0 Å². The van der Waals surface area contributed by atoms with Crippen LogP contribution in [0.15, 0.2) is 11.3 Å². The normalized spacial score (nSPS) is 12.8. The number of carboxylic acid groups (broad SMARTS) is 2. The van der Waals surface area contributed by atoms with Crippen LogP contribution in [0.4, 0.5) is 0 Å². The molecule has 0 aliphatic rings. The Morgan fingerprint density at radius 1 is 1.00 bits per heavy atom. The summed E-state index contributed by atoms with van der Waals surface area (Å²) in [6.45, 7) is 7.06. The summed E-state index contributed by atoms with van der Waals surface area (Å²) in [7, 11) is 0. The monoisotopic (exact) mass is 288 g/mol. The van der Waals surface area contributed by atoms with E-state index in [-0.39, 0.29) is 12.0 Å². The summed E-state index contributed by atoms with van der Waals surface area (Å²) in [6, 6.07) is 0. The van der Waals surface area contributed by atoms with Gasteiger partial charge in [-0.2, -0.15) is 4.89 Å². The van der Waals surface area contributed by atoms with Crippen LogP contribution >= 0.6 is 0 Å². The molecule has 6 nitrogen and oxygen atoms in total. The molecule has 20 heavy (non-hydrogen) atoms. The van der Waals surface area contributed by atoms with Gasteiger partial charge in [-0.15, -0.1) is 0 Å². The van der Waals surface area contributed by atoms with Crippen LogP contribution in [0.3, 0.4) is 0 Å². The Hall–Kier alpha value is -1.56. The van der Waals surface area contributed by atoms with Crippen molar-refractivity contribution in [3.8, 4) is 0 Å². The minimum Gasteiger partial charge on any atom is -0.478 e. The van der Waals surface area contributed by atoms with E-state index in [1.807, 2.05) is 6.92 Å². The van der Waals surface area contributed by atoms with Gasteiger partial charge in [-0.25, -0.2) is 9.59 Å². The fraction of sp³-hybridized carbons (Fsp3) is 0.714. The minimum absolute atomic E-state index is 0.143. The van der Waals surface area contributed by atoms with Crippen molar-refractivity contribution in [3.63, 3.8) is 0 Å². The van der Waals surface area contributed by atoms with E-state index in [4.69, 9.17) is 20.0 Å².